The molecule has 7 heteroatoms. The Bertz CT molecular complexity index is 1290. The van der Waals surface area contributed by atoms with Gasteiger partial charge in [0, 0.05) is 16.8 Å². The van der Waals surface area contributed by atoms with Crippen molar-refractivity contribution >= 4 is 45.0 Å². The number of pyridine rings is 1. The molecule has 2 amide bonds. The standard InChI is InChI=1S/C21H11N3O4/c25-20-14-8-5-11-17(24(27)28)18(14)21(26)23(20)19-12-6-1-3-9-15(12)22-16-10-4-2-7-13(16)19/h1-11H. The molecule has 1 aliphatic heterocycles. The van der Waals surface area contributed by atoms with Crippen LogP contribution in [0.1, 0.15) is 20.7 Å². The SMILES string of the molecule is O=C1c2cccc([N+](=O)[O-])c2C(=O)N1c1c2ccccc2nc2ccccc12. The molecule has 134 valence electrons. The molecule has 0 radical (unpaired) electrons. The summed E-state index contributed by atoms with van der Waals surface area (Å²) < 4.78 is 0. The Hall–Kier alpha value is -4.13. The van der Waals surface area contributed by atoms with Crippen molar-refractivity contribution in [2.75, 3.05) is 4.90 Å². The van der Waals surface area contributed by atoms with Gasteiger partial charge in [0.1, 0.15) is 5.56 Å². The van der Waals surface area contributed by atoms with Gasteiger partial charge in [-0.2, -0.15) is 0 Å². The van der Waals surface area contributed by atoms with E-state index in [0.29, 0.717) is 27.5 Å². The minimum absolute atomic E-state index is 0.0316. The van der Waals surface area contributed by atoms with E-state index in [-0.39, 0.29) is 16.8 Å². The lowest BCUT2D eigenvalue weighted by Gasteiger charge is -2.18. The normalized spacial score (nSPS) is 13.4. The van der Waals surface area contributed by atoms with E-state index in [2.05, 4.69) is 4.98 Å². The summed E-state index contributed by atoms with van der Waals surface area (Å²) in [5, 5.41) is 12.6. The maximum atomic E-state index is 13.2. The van der Waals surface area contributed by atoms with Crippen LogP contribution in [0.4, 0.5) is 11.4 Å². The minimum Gasteiger partial charge on any atom is -0.268 e. The summed E-state index contributed by atoms with van der Waals surface area (Å²) in [5.41, 5.74) is 1.12. The molecule has 5 rings (SSSR count). The van der Waals surface area contributed by atoms with E-state index in [9.17, 15) is 19.7 Å². The van der Waals surface area contributed by atoms with E-state index in [1.54, 1.807) is 36.4 Å². The van der Waals surface area contributed by atoms with Gasteiger partial charge >= 0.3 is 0 Å². The van der Waals surface area contributed by atoms with Crippen LogP contribution in [0.2, 0.25) is 0 Å². The Morgan fingerprint density at radius 2 is 1.39 bits per heavy atom. The number of carbonyl (C=O) groups is 2. The van der Waals surface area contributed by atoms with Gasteiger partial charge in [0.2, 0.25) is 0 Å². The van der Waals surface area contributed by atoms with E-state index >= 15 is 0 Å². The number of nitro benzene ring substituents is 1. The molecule has 2 heterocycles. The molecule has 4 aromatic rings. The fraction of sp³-hybridized carbons (Fsp3) is 0. The van der Waals surface area contributed by atoms with Gasteiger partial charge in [-0.05, 0) is 18.2 Å². The van der Waals surface area contributed by atoms with E-state index in [1.807, 2.05) is 12.1 Å². The number of carbonyl (C=O) groups excluding carboxylic acids is 2. The van der Waals surface area contributed by atoms with Crippen molar-refractivity contribution in [2.45, 2.75) is 0 Å². The van der Waals surface area contributed by atoms with Crippen molar-refractivity contribution in [2.24, 2.45) is 0 Å². The van der Waals surface area contributed by atoms with Crippen molar-refractivity contribution in [3.8, 4) is 0 Å². The number of aromatic nitrogens is 1. The molecule has 0 N–H and O–H groups in total. The first kappa shape index (κ1) is 16.1. The van der Waals surface area contributed by atoms with E-state index in [0.717, 1.165) is 4.90 Å². The second kappa shape index (κ2) is 5.68. The first-order valence-electron chi connectivity index (χ1n) is 8.51. The number of anilines is 1. The van der Waals surface area contributed by atoms with E-state index < -0.39 is 16.7 Å². The Kier molecular flexibility index (Phi) is 3.26. The average molecular weight is 369 g/mol. The van der Waals surface area contributed by atoms with Crippen molar-refractivity contribution in [3.63, 3.8) is 0 Å². The highest BCUT2D eigenvalue weighted by atomic mass is 16.6. The highest BCUT2D eigenvalue weighted by molar-refractivity contribution is 6.39. The quantitative estimate of drug-likeness (QED) is 0.229. The van der Waals surface area contributed by atoms with Crippen LogP contribution >= 0.6 is 0 Å². The summed E-state index contributed by atoms with van der Waals surface area (Å²) in [5.74, 6) is -1.28. The maximum Gasteiger partial charge on any atom is 0.283 e. The van der Waals surface area contributed by atoms with Crippen LogP contribution in [0.5, 0.6) is 0 Å². The number of benzene rings is 3. The summed E-state index contributed by atoms with van der Waals surface area (Å²) in [4.78, 5) is 42.7. The topological polar surface area (TPSA) is 93.4 Å². The second-order valence-corrected chi connectivity index (χ2v) is 6.40. The van der Waals surface area contributed by atoms with Crippen molar-refractivity contribution in [1.29, 1.82) is 0 Å². The molecule has 0 fully saturated rings. The van der Waals surface area contributed by atoms with Crippen LogP contribution in [0, 0.1) is 10.1 Å². The predicted octanol–water partition coefficient (Wildman–Crippen LogP) is 4.10. The Labute approximate surface area is 158 Å². The summed E-state index contributed by atoms with van der Waals surface area (Å²) in [6, 6.07) is 18.5. The zero-order valence-corrected chi connectivity index (χ0v) is 14.3. The van der Waals surface area contributed by atoms with Crippen LogP contribution in [-0.4, -0.2) is 21.7 Å². The molecule has 0 saturated heterocycles. The number of amides is 2. The van der Waals surface area contributed by atoms with Crippen LogP contribution in [0.15, 0.2) is 66.7 Å². The molecule has 3 aromatic carbocycles. The van der Waals surface area contributed by atoms with Crippen LogP contribution in [-0.2, 0) is 0 Å². The summed E-state index contributed by atoms with van der Waals surface area (Å²) >= 11 is 0. The van der Waals surface area contributed by atoms with Crippen molar-refractivity contribution in [1.82, 2.24) is 4.98 Å². The molecule has 0 unspecified atom stereocenters. The van der Waals surface area contributed by atoms with Gasteiger partial charge < -0.3 is 0 Å². The van der Waals surface area contributed by atoms with Gasteiger partial charge in [-0.15, -0.1) is 0 Å². The fourth-order valence-corrected chi connectivity index (χ4v) is 3.68. The van der Waals surface area contributed by atoms with Crippen LogP contribution in [0.3, 0.4) is 0 Å². The third-order valence-electron chi connectivity index (χ3n) is 4.87. The molecule has 7 nitrogen and oxygen atoms in total. The first-order valence-corrected chi connectivity index (χ1v) is 8.51. The summed E-state index contributed by atoms with van der Waals surface area (Å²) in [7, 11) is 0. The van der Waals surface area contributed by atoms with Gasteiger partial charge in [-0.1, -0.05) is 42.5 Å². The number of rotatable bonds is 2. The summed E-state index contributed by atoms with van der Waals surface area (Å²) in [6.45, 7) is 0. The van der Waals surface area contributed by atoms with Crippen molar-refractivity contribution < 1.29 is 14.5 Å². The van der Waals surface area contributed by atoms with Gasteiger partial charge in [0.15, 0.2) is 0 Å². The number of fused-ring (bicyclic) bond motifs is 3. The molecule has 0 atom stereocenters. The molecule has 0 aliphatic carbocycles. The van der Waals surface area contributed by atoms with E-state index in [1.165, 1.54) is 18.2 Å². The van der Waals surface area contributed by atoms with Gasteiger partial charge in [-0.25, -0.2) is 9.88 Å². The fourth-order valence-electron chi connectivity index (χ4n) is 3.68. The van der Waals surface area contributed by atoms with Gasteiger partial charge in [0.05, 0.1) is 27.2 Å². The maximum absolute atomic E-state index is 13.2. The molecule has 1 aromatic heterocycles. The number of nitro groups is 1. The average Bonchev–Trinajstić information content (AvgIpc) is 2.96. The monoisotopic (exact) mass is 369 g/mol. The van der Waals surface area contributed by atoms with Gasteiger partial charge in [0.25, 0.3) is 17.5 Å². The van der Waals surface area contributed by atoms with Crippen LogP contribution in [0.25, 0.3) is 21.8 Å². The molecular formula is C21H11N3O4. The third kappa shape index (κ3) is 2.07. The predicted molar refractivity (Wildman–Crippen MR) is 103 cm³/mol. The zero-order chi connectivity index (χ0) is 19.4. The Morgan fingerprint density at radius 3 is 2.00 bits per heavy atom. The smallest absolute Gasteiger partial charge is 0.268 e. The zero-order valence-electron chi connectivity index (χ0n) is 14.3. The molecule has 0 bridgehead atoms. The van der Waals surface area contributed by atoms with Crippen LogP contribution < -0.4 is 4.90 Å². The molecule has 1 aliphatic rings. The third-order valence-corrected chi connectivity index (χ3v) is 4.87. The Balaban J connectivity index is 1.86. The number of imide groups is 1. The molecule has 0 saturated carbocycles. The lowest BCUT2D eigenvalue weighted by atomic mass is 10.1. The molecular weight excluding hydrogens is 358 g/mol. The number of hydrogen-bond acceptors (Lipinski definition) is 5. The van der Waals surface area contributed by atoms with E-state index in [4.69, 9.17) is 0 Å². The highest BCUT2D eigenvalue weighted by Crippen LogP contribution is 2.40. The number of nitrogens with zero attached hydrogens (tertiary/aromatic N) is 3. The largest absolute Gasteiger partial charge is 0.283 e. The Morgan fingerprint density at radius 1 is 0.786 bits per heavy atom. The second-order valence-electron chi connectivity index (χ2n) is 6.40. The number of hydrogen-bond donors (Lipinski definition) is 0. The van der Waals surface area contributed by atoms with Crippen molar-refractivity contribution in [3.05, 3.63) is 88.0 Å². The minimum atomic E-state index is -0.700. The number of para-hydroxylation sites is 2. The van der Waals surface area contributed by atoms with Gasteiger partial charge in [-0.3, -0.25) is 19.7 Å². The summed E-state index contributed by atoms with van der Waals surface area (Å²) in [6.07, 6.45) is 0. The lowest BCUT2D eigenvalue weighted by Crippen LogP contribution is -2.30. The first-order chi connectivity index (χ1) is 13.6. The highest BCUT2D eigenvalue weighted by Gasteiger charge is 2.43. The lowest BCUT2D eigenvalue weighted by molar-refractivity contribution is -0.385. The molecule has 28 heavy (non-hydrogen) atoms. The molecule has 0 spiro atoms.